The molecule has 0 unspecified atom stereocenters. The Morgan fingerprint density at radius 3 is 2.48 bits per heavy atom. The van der Waals surface area contributed by atoms with Crippen molar-refractivity contribution < 1.29 is 9.90 Å². The molecule has 0 aliphatic carbocycles. The molecule has 0 saturated carbocycles. The number of benzene rings is 2. The number of piperidine rings is 1. The summed E-state index contributed by atoms with van der Waals surface area (Å²) >= 11 is 0. The molecule has 33 heavy (non-hydrogen) atoms. The van der Waals surface area contributed by atoms with Crippen LogP contribution in [0.15, 0.2) is 71.9 Å². The monoisotopic (exact) mass is 443 g/mol. The molecule has 1 saturated heterocycles. The standard InChI is InChI=1S/C25H25N5O3/c1-18-7-5-6-10-20(18)23(31)28-13-11-25(33,12-14-28)16-29-17-26-22-21(24(29)32)15-27-30(22)19-8-3-2-4-9-19/h2-10,15,17,33H,11-14,16H2,1H3. The van der Waals surface area contributed by atoms with Crippen LogP contribution in [0.2, 0.25) is 0 Å². The van der Waals surface area contributed by atoms with Gasteiger partial charge in [0.15, 0.2) is 5.65 Å². The zero-order valence-electron chi connectivity index (χ0n) is 18.4. The fraction of sp³-hybridized carbons (Fsp3) is 0.280. The summed E-state index contributed by atoms with van der Waals surface area (Å²) in [6.07, 6.45) is 3.76. The van der Waals surface area contributed by atoms with Crippen molar-refractivity contribution in [2.75, 3.05) is 13.1 Å². The third kappa shape index (κ3) is 3.93. The quantitative estimate of drug-likeness (QED) is 0.523. The SMILES string of the molecule is Cc1ccccc1C(=O)N1CCC(O)(Cn2cnc3c(cnn3-c3ccccc3)c2=O)CC1. The van der Waals surface area contributed by atoms with Gasteiger partial charge in [-0.3, -0.25) is 14.2 Å². The molecule has 4 aromatic rings. The van der Waals surface area contributed by atoms with Gasteiger partial charge in [-0.25, -0.2) is 9.67 Å². The minimum absolute atomic E-state index is 0.0243. The number of para-hydroxylation sites is 1. The fourth-order valence-corrected chi connectivity index (χ4v) is 4.40. The third-order valence-corrected chi connectivity index (χ3v) is 6.38. The predicted octanol–water partition coefficient (Wildman–Crippen LogP) is 2.56. The molecule has 2 aromatic carbocycles. The van der Waals surface area contributed by atoms with Crippen LogP contribution < -0.4 is 5.56 Å². The molecule has 0 radical (unpaired) electrons. The predicted molar refractivity (Wildman–Crippen MR) is 124 cm³/mol. The van der Waals surface area contributed by atoms with Crippen molar-refractivity contribution in [3.63, 3.8) is 0 Å². The van der Waals surface area contributed by atoms with Gasteiger partial charge >= 0.3 is 0 Å². The zero-order valence-corrected chi connectivity index (χ0v) is 18.4. The van der Waals surface area contributed by atoms with Gasteiger partial charge in [-0.15, -0.1) is 0 Å². The summed E-state index contributed by atoms with van der Waals surface area (Å²) in [7, 11) is 0. The van der Waals surface area contributed by atoms with Gasteiger partial charge in [0.1, 0.15) is 11.7 Å². The Kier molecular flexibility index (Phi) is 5.30. The lowest BCUT2D eigenvalue weighted by atomic mass is 9.90. The number of hydrogen-bond acceptors (Lipinski definition) is 5. The van der Waals surface area contributed by atoms with E-state index in [2.05, 4.69) is 10.1 Å². The average molecular weight is 444 g/mol. The second-order valence-electron chi connectivity index (χ2n) is 8.64. The Balaban J connectivity index is 1.33. The van der Waals surface area contributed by atoms with Crippen LogP contribution in [0.3, 0.4) is 0 Å². The Morgan fingerprint density at radius 1 is 1.06 bits per heavy atom. The van der Waals surface area contributed by atoms with Gasteiger partial charge in [0.2, 0.25) is 0 Å². The van der Waals surface area contributed by atoms with Crippen molar-refractivity contribution in [3.8, 4) is 5.69 Å². The number of aryl methyl sites for hydroxylation is 1. The second kappa shape index (κ2) is 8.29. The summed E-state index contributed by atoms with van der Waals surface area (Å²) < 4.78 is 3.07. The number of nitrogens with zero attached hydrogens (tertiary/aromatic N) is 5. The van der Waals surface area contributed by atoms with Crippen molar-refractivity contribution in [1.29, 1.82) is 0 Å². The number of amides is 1. The Morgan fingerprint density at radius 2 is 1.76 bits per heavy atom. The van der Waals surface area contributed by atoms with Crippen LogP contribution in [0.1, 0.15) is 28.8 Å². The number of carbonyl (C=O) groups is 1. The van der Waals surface area contributed by atoms with Crippen LogP contribution in [-0.4, -0.2) is 53.9 Å². The van der Waals surface area contributed by atoms with E-state index in [0.717, 1.165) is 11.3 Å². The molecule has 1 amide bonds. The highest BCUT2D eigenvalue weighted by Gasteiger charge is 2.35. The van der Waals surface area contributed by atoms with E-state index in [1.165, 1.54) is 17.1 Å². The van der Waals surface area contributed by atoms with Gasteiger partial charge < -0.3 is 10.0 Å². The lowest BCUT2D eigenvalue weighted by molar-refractivity contribution is -0.0299. The Labute approximate surface area is 190 Å². The molecule has 0 bridgehead atoms. The summed E-state index contributed by atoms with van der Waals surface area (Å²) in [6.45, 7) is 2.90. The summed E-state index contributed by atoms with van der Waals surface area (Å²) in [5, 5.41) is 15.9. The highest BCUT2D eigenvalue weighted by molar-refractivity contribution is 5.95. The van der Waals surface area contributed by atoms with Crippen molar-refractivity contribution in [3.05, 3.63) is 88.6 Å². The number of likely N-dealkylation sites (tertiary alicyclic amines) is 1. The van der Waals surface area contributed by atoms with Gasteiger partial charge in [-0.05, 0) is 43.5 Å². The number of fused-ring (bicyclic) bond motifs is 1. The molecule has 8 nitrogen and oxygen atoms in total. The molecule has 1 fully saturated rings. The number of rotatable bonds is 4. The zero-order chi connectivity index (χ0) is 23.0. The van der Waals surface area contributed by atoms with Crippen LogP contribution in [0.5, 0.6) is 0 Å². The normalized spacial score (nSPS) is 15.6. The van der Waals surface area contributed by atoms with Gasteiger partial charge in [-0.1, -0.05) is 36.4 Å². The van der Waals surface area contributed by atoms with E-state index in [4.69, 9.17) is 0 Å². The average Bonchev–Trinajstić information content (AvgIpc) is 3.27. The first-order valence-corrected chi connectivity index (χ1v) is 11.0. The van der Waals surface area contributed by atoms with Crippen molar-refractivity contribution in [2.45, 2.75) is 31.9 Å². The summed E-state index contributed by atoms with van der Waals surface area (Å²) in [5.41, 5.74) is 1.59. The molecule has 0 spiro atoms. The van der Waals surface area contributed by atoms with E-state index >= 15 is 0 Å². The smallest absolute Gasteiger partial charge is 0.264 e. The molecule has 168 valence electrons. The molecule has 1 N–H and O–H groups in total. The molecular weight excluding hydrogens is 418 g/mol. The third-order valence-electron chi connectivity index (χ3n) is 6.38. The molecule has 5 rings (SSSR count). The summed E-state index contributed by atoms with van der Waals surface area (Å²) in [5.74, 6) is -0.0243. The van der Waals surface area contributed by atoms with Crippen molar-refractivity contribution >= 4 is 16.9 Å². The maximum absolute atomic E-state index is 13.1. The first-order valence-electron chi connectivity index (χ1n) is 11.0. The van der Waals surface area contributed by atoms with E-state index in [1.54, 1.807) is 9.58 Å². The van der Waals surface area contributed by atoms with E-state index < -0.39 is 5.60 Å². The van der Waals surface area contributed by atoms with Gasteiger partial charge in [0.25, 0.3) is 11.5 Å². The van der Waals surface area contributed by atoms with Crippen LogP contribution in [0.25, 0.3) is 16.7 Å². The fourth-order valence-electron chi connectivity index (χ4n) is 4.40. The molecule has 1 aliphatic heterocycles. The van der Waals surface area contributed by atoms with Crippen molar-refractivity contribution in [2.24, 2.45) is 0 Å². The second-order valence-corrected chi connectivity index (χ2v) is 8.64. The number of carbonyl (C=O) groups excluding carboxylic acids is 1. The number of aliphatic hydroxyl groups is 1. The van der Waals surface area contributed by atoms with E-state index in [9.17, 15) is 14.7 Å². The lowest BCUT2D eigenvalue weighted by Gasteiger charge is -2.38. The van der Waals surface area contributed by atoms with E-state index in [-0.39, 0.29) is 18.0 Å². The van der Waals surface area contributed by atoms with Gasteiger partial charge in [0.05, 0.1) is 24.0 Å². The van der Waals surface area contributed by atoms with Crippen LogP contribution in [0, 0.1) is 6.92 Å². The van der Waals surface area contributed by atoms with Crippen molar-refractivity contribution in [1.82, 2.24) is 24.2 Å². The topological polar surface area (TPSA) is 93.2 Å². The highest BCUT2D eigenvalue weighted by atomic mass is 16.3. The number of hydrogen-bond donors (Lipinski definition) is 1. The first-order chi connectivity index (χ1) is 16.0. The molecule has 8 heteroatoms. The molecule has 2 aromatic heterocycles. The Bertz CT molecular complexity index is 1370. The van der Waals surface area contributed by atoms with E-state index in [1.807, 2.05) is 61.5 Å². The molecular formula is C25H25N5O3. The van der Waals surface area contributed by atoms with Crippen LogP contribution >= 0.6 is 0 Å². The minimum atomic E-state index is -1.09. The van der Waals surface area contributed by atoms with Crippen LogP contribution in [0.4, 0.5) is 0 Å². The minimum Gasteiger partial charge on any atom is -0.388 e. The van der Waals surface area contributed by atoms with Crippen LogP contribution in [-0.2, 0) is 6.54 Å². The Hall–Kier alpha value is -3.78. The number of aromatic nitrogens is 4. The molecule has 3 heterocycles. The molecule has 0 atom stereocenters. The largest absolute Gasteiger partial charge is 0.388 e. The van der Waals surface area contributed by atoms with E-state index in [0.29, 0.717) is 42.5 Å². The maximum atomic E-state index is 13.1. The summed E-state index contributed by atoms with van der Waals surface area (Å²) in [6, 6.07) is 17.0. The van der Waals surface area contributed by atoms with Gasteiger partial charge in [-0.2, -0.15) is 5.10 Å². The summed E-state index contributed by atoms with van der Waals surface area (Å²) in [4.78, 5) is 32.2. The maximum Gasteiger partial charge on any atom is 0.264 e. The first kappa shape index (κ1) is 21.1. The highest BCUT2D eigenvalue weighted by Crippen LogP contribution is 2.25. The lowest BCUT2D eigenvalue weighted by Crippen LogP contribution is -2.49. The van der Waals surface area contributed by atoms with Gasteiger partial charge in [0, 0.05) is 18.7 Å². The molecule has 1 aliphatic rings.